The molecule has 0 amide bonds. The lowest BCUT2D eigenvalue weighted by Crippen LogP contribution is -2.62. The number of pyridine rings is 1. The van der Waals surface area contributed by atoms with Crippen molar-refractivity contribution in [2.24, 2.45) is 0 Å². The molecule has 1 aliphatic heterocycles. The zero-order chi connectivity index (χ0) is 15.0. The summed E-state index contributed by atoms with van der Waals surface area (Å²) in [7, 11) is 0. The molecule has 1 aromatic heterocycles. The largest absolute Gasteiger partial charge is 0.433 e. The Balaban J connectivity index is 2.29. The van der Waals surface area contributed by atoms with E-state index in [1.165, 1.54) is 4.90 Å². The second kappa shape index (κ2) is 4.66. The van der Waals surface area contributed by atoms with E-state index < -0.39 is 17.5 Å². The summed E-state index contributed by atoms with van der Waals surface area (Å²) >= 11 is 0. The maximum absolute atomic E-state index is 12.6. The van der Waals surface area contributed by atoms with Crippen molar-refractivity contribution in [1.29, 1.82) is 10.5 Å². The van der Waals surface area contributed by atoms with Crippen molar-refractivity contribution >= 4 is 5.82 Å². The van der Waals surface area contributed by atoms with Crippen LogP contribution in [0.15, 0.2) is 12.1 Å². The second-order valence-electron chi connectivity index (χ2n) is 4.59. The summed E-state index contributed by atoms with van der Waals surface area (Å²) in [5, 5.41) is 27.3. The van der Waals surface area contributed by atoms with E-state index in [9.17, 15) is 18.3 Å². The first kappa shape index (κ1) is 14.1. The zero-order valence-electron chi connectivity index (χ0n) is 10.1. The fourth-order valence-electron chi connectivity index (χ4n) is 2.01. The third kappa shape index (κ3) is 2.51. The van der Waals surface area contributed by atoms with Gasteiger partial charge in [0.15, 0.2) is 0 Å². The highest BCUT2D eigenvalue weighted by Gasteiger charge is 2.43. The van der Waals surface area contributed by atoms with Gasteiger partial charge in [-0.1, -0.05) is 0 Å². The molecule has 1 N–H and O–H groups in total. The molecule has 1 aromatic rings. The topological polar surface area (TPSA) is 83.9 Å². The van der Waals surface area contributed by atoms with Gasteiger partial charge in [0.05, 0.1) is 31.1 Å². The molecule has 104 valence electrons. The molecular weight excluding hydrogens is 273 g/mol. The van der Waals surface area contributed by atoms with Gasteiger partial charge in [-0.2, -0.15) is 23.7 Å². The Morgan fingerprint density at radius 1 is 1.35 bits per heavy atom. The lowest BCUT2D eigenvalue weighted by atomic mass is 9.91. The van der Waals surface area contributed by atoms with Gasteiger partial charge >= 0.3 is 6.18 Å². The molecule has 0 radical (unpaired) electrons. The summed E-state index contributed by atoms with van der Waals surface area (Å²) in [5.41, 5.74) is -2.35. The van der Waals surface area contributed by atoms with Crippen LogP contribution >= 0.6 is 0 Å². The van der Waals surface area contributed by atoms with Gasteiger partial charge in [-0.25, -0.2) is 4.98 Å². The highest BCUT2D eigenvalue weighted by atomic mass is 19.4. The SMILES string of the molecule is N#CCC1(O)CN(c2nc(C(F)(F)F)ccc2C#N)C1. The fraction of sp³-hybridized carbons (Fsp3) is 0.417. The minimum absolute atomic E-state index is 0.00277. The summed E-state index contributed by atoms with van der Waals surface area (Å²) in [6.45, 7) is -0.0485. The second-order valence-corrected chi connectivity index (χ2v) is 4.59. The van der Waals surface area contributed by atoms with Crippen LogP contribution in [-0.2, 0) is 6.18 Å². The number of anilines is 1. The van der Waals surface area contributed by atoms with Gasteiger partial charge in [-0.15, -0.1) is 0 Å². The number of hydrogen-bond donors (Lipinski definition) is 1. The third-order valence-electron chi connectivity index (χ3n) is 2.96. The quantitative estimate of drug-likeness (QED) is 0.887. The Hall–Kier alpha value is -2.32. The van der Waals surface area contributed by atoms with E-state index in [2.05, 4.69) is 4.98 Å². The monoisotopic (exact) mass is 282 g/mol. The van der Waals surface area contributed by atoms with Crippen molar-refractivity contribution in [3.8, 4) is 12.1 Å². The van der Waals surface area contributed by atoms with Crippen molar-refractivity contribution in [2.45, 2.75) is 18.2 Å². The molecular formula is C12H9F3N4O. The molecule has 0 unspecified atom stereocenters. The molecule has 1 fully saturated rings. The number of rotatable bonds is 2. The molecule has 1 saturated heterocycles. The molecule has 2 rings (SSSR count). The van der Waals surface area contributed by atoms with Crippen LogP contribution in [0.4, 0.5) is 19.0 Å². The van der Waals surface area contributed by atoms with Crippen LogP contribution < -0.4 is 4.90 Å². The van der Waals surface area contributed by atoms with E-state index in [-0.39, 0.29) is 30.9 Å². The Kier molecular flexibility index (Phi) is 3.28. The van der Waals surface area contributed by atoms with Crippen molar-refractivity contribution < 1.29 is 18.3 Å². The van der Waals surface area contributed by atoms with Crippen molar-refractivity contribution in [1.82, 2.24) is 4.98 Å². The molecule has 0 aromatic carbocycles. The number of β-amino-alcohol motifs (C(OH)–C–C–N with tert-alkyl or cyclic N) is 1. The maximum atomic E-state index is 12.6. The summed E-state index contributed by atoms with van der Waals surface area (Å²) in [4.78, 5) is 4.80. The van der Waals surface area contributed by atoms with Crippen LogP contribution in [0, 0.1) is 22.7 Å². The highest BCUT2D eigenvalue weighted by Crippen LogP contribution is 2.34. The molecule has 2 heterocycles. The molecule has 1 aliphatic rings. The molecule has 20 heavy (non-hydrogen) atoms. The average Bonchev–Trinajstić information content (AvgIpc) is 2.34. The Morgan fingerprint density at radius 3 is 2.50 bits per heavy atom. The van der Waals surface area contributed by atoms with E-state index in [0.29, 0.717) is 0 Å². The van der Waals surface area contributed by atoms with E-state index in [1.807, 2.05) is 0 Å². The van der Waals surface area contributed by atoms with E-state index in [0.717, 1.165) is 12.1 Å². The van der Waals surface area contributed by atoms with Crippen molar-refractivity contribution in [2.75, 3.05) is 18.0 Å². The van der Waals surface area contributed by atoms with Crippen molar-refractivity contribution in [3.05, 3.63) is 23.4 Å². The number of aromatic nitrogens is 1. The van der Waals surface area contributed by atoms with Gasteiger partial charge in [0.2, 0.25) is 0 Å². The summed E-state index contributed by atoms with van der Waals surface area (Å²) in [5.74, 6) is -0.120. The van der Waals surface area contributed by atoms with Crippen LogP contribution in [0.3, 0.4) is 0 Å². The molecule has 0 aliphatic carbocycles. The van der Waals surface area contributed by atoms with Gasteiger partial charge in [-0.3, -0.25) is 0 Å². The number of nitriles is 2. The van der Waals surface area contributed by atoms with Crippen molar-refractivity contribution in [3.63, 3.8) is 0 Å². The fourth-order valence-corrected chi connectivity index (χ4v) is 2.01. The van der Waals surface area contributed by atoms with E-state index in [1.54, 1.807) is 12.1 Å². The molecule has 0 saturated carbocycles. The molecule has 0 bridgehead atoms. The molecule has 0 atom stereocenters. The standard InChI is InChI=1S/C12H9F3N4O/c13-12(14,15)9-2-1-8(5-17)10(18-9)19-6-11(20,7-19)3-4-16/h1-2,20H,3,6-7H2. The van der Waals surface area contributed by atoms with E-state index in [4.69, 9.17) is 10.5 Å². The van der Waals surface area contributed by atoms with Gasteiger partial charge in [0.25, 0.3) is 0 Å². The Morgan fingerprint density at radius 2 is 2.00 bits per heavy atom. The van der Waals surface area contributed by atoms with Crippen LogP contribution in [0.1, 0.15) is 17.7 Å². The van der Waals surface area contributed by atoms with Gasteiger partial charge < -0.3 is 10.0 Å². The number of hydrogen-bond acceptors (Lipinski definition) is 5. The minimum Gasteiger partial charge on any atom is -0.385 e. The van der Waals surface area contributed by atoms with Crippen LogP contribution in [0.25, 0.3) is 0 Å². The Bertz CT molecular complexity index is 609. The highest BCUT2D eigenvalue weighted by molar-refractivity contribution is 5.57. The molecule has 5 nitrogen and oxygen atoms in total. The lowest BCUT2D eigenvalue weighted by molar-refractivity contribution is -0.141. The maximum Gasteiger partial charge on any atom is 0.433 e. The normalized spacial score (nSPS) is 17.0. The van der Waals surface area contributed by atoms with Crippen LogP contribution in [0.5, 0.6) is 0 Å². The Labute approximate surface area is 112 Å². The minimum atomic E-state index is -4.60. The molecule has 0 spiro atoms. The van der Waals surface area contributed by atoms with Crippen LogP contribution in [0.2, 0.25) is 0 Å². The number of alkyl halides is 3. The molecule has 8 heteroatoms. The van der Waals surface area contributed by atoms with E-state index >= 15 is 0 Å². The number of nitrogens with zero attached hydrogens (tertiary/aromatic N) is 4. The first-order chi connectivity index (χ1) is 9.29. The lowest BCUT2D eigenvalue weighted by Gasteiger charge is -2.46. The van der Waals surface area contributed by atoms with Gasteiger partial charge in [0.1, 0.15) is 23.2 Å². The van der Waals surface area contributed by atoms with Gasteiger partial charge in [0, 0.05) is 0 Å². The summed E-state index contributed by atoms with van der Waals surface area (Å²) in [6.07, 6.45) is -4.72. The summed E-state index contributed by atoms with van der Waals surface area (Å²) < 4.78 is 37.8. The first-order valence-corrected chi connectivity index (χ1v) is 5.62. The average molecular weight is 282 g/mol. The smallest absolute Gasteiger partial charge is 0.385 e. The first-order valence-electron chi connectivity index (χ1n) is 5.62. The third-order valence-corrected chi connectivity index (χ3v) is 2.96. The zero-order valence-corrected chi connectivity index (χ0v) is 10.1. The predicted molar refractivity (Wildman–Crippen MR) is 61.3 cm³/mol. The van der Waals surface area contributed by atoms with Crippen LogP contribution in [-0.4, -0.2) is 28.8 Å². The predicted octanol–water partition coefficient (Wildman–Crippen LogP) is 1.44. The number of aliphatic hydroxyl groups is 1. The summed E-state index contributed by atoms with van der Waals surface area (Å²) in [6, 6.07) is 5.36. The van der Waals surface area contributed by atoms with Gasteiger partial charge in [-0.05, 0) is 12.1 Å². The number of halogens is 3.